The number of para-hydroxylation sites is 1. The number of fused-ring (bicyclic) bond motifs is 1. The second kappa shape index (κ2) is 7.17. The van der Waals surface area contributed by atoms with Crippen molar-refractivity contribution in [2.24, 2.45) is 0 Å². The van der Waals surface area contributed by atoms with Crippen molar-refractivity contribution in [3.05, 3.63) is 29.3 Å². The molecule has 3 rings (SSSR count). The maximum Gasteiger partial charge on any atom is 0.212 e. The minimum atomic E-state index is -3.15. The molecule has 0 saturated carbocycles. The number of nitrogens with zero attached hydrogens (tertiary/aromatic N) is 1. The van der Waals surface area contributed by atoms with Crippen molar-refractivity contribution in [3.63, 3.8) is 0 Å². The van der Waals surface area contributed by atoms with E-state index < -0.39 is 10.0 Å². The molecule has 1 atom stereocenters. The Hall–Kier alpha value is -0.820. The van der Waals surface area contributed by atoms with Gasteiger partial charge in [0, 0.05) is 24.8 Å². The maximum atomic E-state index is 11.8. The molecular formula is C15H24ClN3O2S. The van der Waals surface area contributed by atoms with Crippen LogP contribution in [0.4, 0.5) is 5.69 Å². The molecule has 0 aliphatic carbocycles. The Kier molecular flexibility index (Phi) is 5.71. The third-order valence-corrected chi connectivity index (χ3v) is 5.97. The first-order valence-corrected chi connectivity index (χ1v) is 9.24. The lowest BCUT2D eigenvalue weighted by Gasteiger charge is -2.25. The first kappa shape index (κ1) is 17.5. The monoisotopic (exact) mass is 345 g/mol. The summed E-state index contributed by atoms with van der Waals surface area (Å²) in [7, 11) is -1.66. The lowest BCUT2D eigenvalue weighted by Crippen LogP contribution is -2.38. The van der Waals surface area contributed by atoms with Crippen LogP contribution < -0.4 is 10.0 Å². The molecule has 7 heteroatoms. The van der Waals surface area contributed by atoms with Crippen LogP contribution in [-0.4, -0.2) is 45.2 Å². The molecule has 0 spiro atoms. The molecule has 22 heavy (non-hydrogen) atoms. The largest absolute Gasteiger partial charge is 0.384 e. The Balaban J connectivity index is 0.00000176. The third-order valence-electron chi connectivity index (χ3n) is 4.53. The van der Waals surface area contributed by atoms with Crippen LogP contribution in [0.15, 0.2) is 18.2 Å². The predicted octanol–water partition coefficient (Wildman–Crippen LogP) is 1.59. The molecule has 1 unspecified atom stereocenters. The van der Waals surface area contributed by atoms with Crippen molar-refractivity contribution in [3.8, 4) is 0 Å². The van der Waals surface area contributed by atoms with Crippen molar-refractivity contribution in [2.45, 2.75) is 31.8 Å². The molecule has 1 aromatic rings. The number of sulfonamides is 1. The van der Waals surface area contributed by atoms with E-state index in [1.807, 2.05) is 0 Å². The van der Waals surface area contributed by atoms with E-state index in [1.54, 1.807) is 0 Å². The standard InChI is InChI=1S/C15H23N3O2S.ClH/c1-16-21(19,20)11-14-6-3-9-18(14)10-13-5-2-4-12-7-8-17-15(12)13;/h2,4-5,14,16-17H,3,6-11H2,1H3;1H. The Bertz CT molecular complexity index is 621. The highest BCUT2D eigenvalue weighted by Gasteiger charge is 2.29. The zero-order valence-corrected chi connectivity index (χ0v) is 14.5. The van der Waals surface area contributed by atoms with Gasteiger partial charge in [-0.25, -0.2) is 13.1 Å². The summed E-state index contributed by atoms with van der Waals surface area (Å²) in [6.07, 6.45) is 3.12. The van der Waals surface area contributed by atoms with Crippen LogP contribution in [0.3, 0.4) is 0 Å². The van der Waals surface area contributed by atoms with Crippen LogP contribution in [-0.2, 0) is 23.0 Å². The van der Waals surface area contributed by atoms with Crippen LogP contribution in [0, 0.1) is 0 Å². The summed E-state index contributed by atoms with van der Waals surface area (Å²) in [6, 6.07) is 6.56. The van der Waals surface area contributed by atoms with Crippen LogP contribution in [0.2, 0.25) is 0 Å². The second-order valence-corrected chi connectivity index (χ2v) is 7.85. The number of anilines is 1. The minimum Gasteiger partial charge on any atom is -0.384 e. The van der Waals surface area contributed by atoms with Gasteiger partial charge in [-0.3, -0.25) is 4.90 Å². The van der Waals surface area contributed by atoms with E-state index in [0.29, 0.717) is 0 Å². The SMILES string of the molecule is CNS(=O)(=O)CC1CCCN1Cc1cccc2c1NCC2.Cl. The quantitative estimate of drug-likeness (QED) is 0.850. The van der Waals surface area contributed by atoms with E-state index in [2.05, 4.69) is 33.1 Å². The smallest absolute Gasteiger partial charge is 0.212 e. The Labute approximate surface area is 138 Å². The summed E-state index contributed by atoms with van der Waals surface area (Å²) < 4.78 is 26.0. The number of hydrogen-bond acceptors (Lipinski definition) is 4. The summed E-state index contributed by atoms with van der Waals surface area (Å²) in [6.45, 7) is 2.82. The number of benzene rings is 1. The molecule has 0 bridgehead atoms. The van der Waals surface area contributed by atoms with Crippen LogP contribution >= 0.6 is 12.4 Å². The molecule has 2 heterocycles. The van der Waals surface area contributed by atoms with Gasteiger partial charge in [-0.15, -0.1) is 12.4 Å². The summed E-state index contributed by atoms with van der Waals surface area (Å²) in [5, 5.41) is 3.46. The highest BCUT2D eigenvalue weighted by Crippen LogP contribution is 2.29. The fourth-order valence-corrected chi connectivity index (χ4v) is 4.44. The molecule has 1 aromatic carbocycles. The molecule has 2 N–H and O–H groups in total. The van der Waals surface area contributed by atoms with E-state index in [0.717, 1.165) is 38.9 Å². The number of nitrogens with one attached hydrogen (secondary N) is 2. The van der Waals surface area contributed by atoms with E-state index in [4.69, 9.17) is 0 Å². The molecular weight excluding hydrogens is 322 g/mol. The van der Waals surface area contributed by atoms with Crippen LogP contribution in [0.1, 0.15) is 24.0 Å². The molecule has 124 valence electrons. The van der Waals surface area contributed by atoms with Gasteiger partial charge in [0.2, 0.25) is 10.0 Å². The van der Waals surface area contributed by atoms with E-state index in [9.17, 15) is 8.42 Å². The van der Waals surface area contributed by atoms with Crippen molar-refractivity contribution in [2.75, 3.05) is 31.2 Å². The summed E-state index contributed by atoms with van der Waals surface area (Å²) in [4.78, 5) is 2.31. The van der Waals surface area contributed by atoms with Gasteiger partial charge in [-0.2, -0.15) is 0 Å². The van der Waals surface area contributed by atoms with Crippen molar-refractivity contribution in [1.82, 2.24) is 9.62 Å². The van der Waals surface area contributed by atoms with E-state index in [1.165, 1.54) is 23.9 Å². The highest BCUT2D eigenvalue weighted by molar-refractivity contribution is 7.89. The zero-order valence-electron chi connectivity index (χ0n) is 12.8. The molecule has 0 amide bonds. The summed E-state index contributed by atoms with van der Waals surface area (Å²) in [5.74, 6) is 0.200. The summed E-state index contributed by atoms with van der Waals surface area (Å²) in [5.41, 5.74) is 3.93. The molecule has 0 radical (unpaired) electrons. The molecule has 1 saturated heterocycles. The van der Waals surface area contributed by atoms with Gasteiger partial charge in [0.1, 0.15) is 0 Å². The molecule has 1 fully saturated rings. The van der Waals surface area contributed by atoms with Crippen LogP contribution in [0.25, 0.3) is 0 Å². The van der Waals surface area contributed by atoms with Gasteiger partial charge in [0.05, 0.1) is 5.75 Å². The van der Waals surface area contributed by atoms with E-state index in [-0.39, 0.29) is 24.2 Å². The molecule has 0 aromatic heterocycles. The van der Waals surface area contributed by atoms with E-state index >= 15 is 0 Å². The minimum absolute atomic E-state index is 0. The third kappa shape index (κ3) is 3.74. The average molecular weight is 346 g/mol. The topological polar surface area (TPSA) is 61.4 Å². The summed E-state index contributed by atoms with van der Waals surface area (Å²) >= 11 is 0. The molecule has 2 aliphatic heterocycles. The van der Waals surface area contributed by atoms with Crippen molar-refractivity contribution < 1.29 is 8.42 Å². The fourth-order valence-electron chi connectivity index (χ4n) is 3.39. The normalized spacial score (nSPS) is 21.2. The lowest BCUT2D eigenvalue weighted by molar-refractivity contribution is 0.262. The number of likely N-dealkylation sites (tertiary alicyclic amines) is 1. The van der Waals surface area contributed by atoms with Gasteiger partial charge in [0.25, 0.3) is 0 Å². The first-order chi connectivity index (χ1) is 10.1. The van der Waals surface area contributed by atoms with Gasteiger partial charge >= 0.3 is 0 Å². The average Bonchev–Trinajstić information content (AvgIpc) is 3.09. The van der Waals surface area contributed by atoms with Gasteiger partial charge in [-0.1, -0.05) is 18.2 Å². The first-order valence-electron chi connectivity index (χ1n) is 7.59. The van der Waals surface area contributed by atoms with Crippen molar-refractivity contribution >= 4 is 28.1 Å². The lowest BCUT2D eigenvalue weighted by atomic mass is 10.1. The number of hydrogen-bond donors (Lipinski definition) is 2. The van der Waals surface area contributed by atoms with Crippen LogP contribution in [0.5, 0.6) is 0 Å². The maximum absolute atomic E-state index is 11.8. The number of halogens is 1. The highest BCUT2D eigenvalue weighted by atomic mass is 35.5. The van der Waals surface area contributed by atoms with Gasteiger partial charge in [0.15, 0.2) is 0 Å². The zero-order chi connectivity index (χ0) is 14.9. The molecule has 5 nitrogen and oxygen atoms in total. The predicted molar refractivity (Wildman–Crippen MR) is 92.2 cm³/mol. The Morgan fingerprint density at radius 1 is 1.41 bits per heavy atom. The Morgan fingerprint density at radius 2 is 2.23 bits per heavy atom. The van der Waals surface area contributed by atoms with Gasteiger partial charge < -0.3 is 5.32 Å². The Morgan fingerprint density at radius 3 is 3.00 bits per heavy atom. The second-order valence-electron chi connectivity index (χ2n) is 5.88. The van der Waals surface area contributed by atoms with Gasteiger partial charge in [-0.05, 0) is 44.0 Å². The number of rotatable bonds is 5. The fraction of sp³-hybridized carbons (Fsp3) is 0.600. The molecule has 2 aliphatic rings. The van der Waals surface area contributed by atoms with Crippen molar-refractivity contribution in [1.29, 1.82) is 0 Å².